The maximum Gasteiger partial charge on any atom is 0.224 e. The first-order valence-electron chi connectivity index (χ1n) is 7.52. The van der Waals surface area contributed by atoms with Crippen LogP contribution in [-0.4, -0.2) is 23.2 Å². The molecule has 0 aliphatic heterocycles. The summed E-state index contributed by atoms with van der Waals surface area (Å²) in [5.74, 6) is -0.0358. The van der Waals surface area contributed by atoms with Gasteiger partial charge in [-0.2, -0.15) is 0 Å². The maximum absolute atomic E-state index is 12.0. The van der Waals surface area contributed by atoms with E-state index >= 15 is 0 Å². The quantitative estimate of drug-likeness (QED) is 0.870. The molecule has 1 amide bonds. The number of carbonyl (C=O) groups excluding carboxylic acids is 1. The molecule has 0 aromatic heterocycles. The number of amides is 1. The van der Waals surface area contributed by atoms with E-state index in [-0.39, 0.29) is 5.91 Å². The fraction of sp³-hybridized carbons (Fsp3) is 0.588. The summed E-state index contributed by atoms with van der Waals surface area (Å²) in [5, 5.41) is 13.4. The minimum atomic E-state index is -0.734. The number of hydrogen-bond donors (Lipinski definition) is 2. The summed E-state index contributed by atoms with van der Waals surface area (Å²) in [6.45, 7) is 4.83. The van der Waals surface area contributed by atoms with Gasteiger partial charge in [-0.3, -0.25) is 4.79 Å². The highest BCUT2D eigenvalue weighted by molar-refractivity contribution is 9.10. The van der Waals surface area contributed by atoms with E-state index in [4.69, 9.17) is 0 Å². The number of nitrogens with one attached hydrogen (secondary N) is 1. The molecule has 0 spiro atoms. The average Bonchev–Trinajstić information content (AvgIpc) is 2.41. The van der Waals surface area contributed by atoms with Crippen LogP contribution in [0.5, 0.6) is 0 Å². The molecule has 1 aromatic carbocycles. The lowest BCUT2D eigenvalue weighted by molar-refractivity contribution is -0.122. The Kier molecular flexibility index (Phi) is 5.10. The second-order valence-corrected chi connectivity index (χ2v) is 7.89. The molecular weight excluding hydrogens is 330 g/mol. The number of aliphatic hydroxyl groups is 1. The molecule has 0 heterocycles. The lowest BCUT2D eigenvalue weighted by Gasteiger charge is -2.40. The molecule has 1 aliphatic carbocycles. The molecular formula is C17H24BrNO2. The second-order valence-electron chi connectivity index (χ2n) is 6.97. The van der Waals surface area contributed by atoms with Gasteiger partial charge in [0, 0.05) is 11.0 Å². The fourth-order valence-corrected chi connectivity index (χ4v) is 3.17. The zero-order valence-corrected chi connectivity index (χ0v) is 14.4. The molecule has 21 heavy (non-hydrogen) atoms. The van der Waals surface area contributed by atoms with Gasteiger partial charge >= 0.3 is 0 Å². The SMILES string of the molecule is CC1(C)CCC(O)(CNC(=O)Cc2cccc(Br)c2)CC1. The van der Waals surface area contributed by atoms with E-state index in [0.717, 1.165) is 35.7 Å². The van der Waals surface area contributed by atoms with Crippen LogP contribution in [0.15, 0.2) is 28.7 Å². The van der Waals surface area contributed by atoms with Crippen molar-refractivity contribution in [1.82, 2.24) is 5.32 Å². The maximum atomic E-state index is 12.0. The van der Waals surface area contributed by atoms with E-state index in [1.807, 2.05) is 24.3 Å². The van der Waals surface area contributed by atoms with Gasteiger partial charge in [0.05, 0.1) is 12.0 Å². The van der Waals surface area contributed by atoms with Crippen molar-refractivity contribution in [2.24, 2.45) is 5.41 Å². The van der Waals surface area contributed by atoms with E-state index in [2.05, 4.69) is 35.1 Å². The molecule has 1 fully saturated rings. The number of rotatable bonds is 4. The van der Waals surface area contributed by atoms with E-state index in [1.54, 1.807) is 0 Å². The van der Waals surface area contributed by atoms with Crippen molar-refractivity contribution in [2.45, 2.75) is 51.6 Å². The molecule has 116 valence electrons. The monoisotopic (exact) mass is 353 g/mol. The van der Waals surface area contributed by atoms with Crippen LogP contribution >= 0.6 is 15.9 Å². The Hall–Kier alpha value is -0.870. The van der Waals surface area contributed by atoms with E-state index in [0.29, 0.717) is 18.4 Å². The zero-order valence-electron chi connectivity index (χ0n) is 12.8. The third-order valence-electron chi connectivity index (χ3n) is 4.40. The first-order chi connectivity index (χ1) is 9.78. The minimum Gasteiger partial charge on any atom is -0.388 e. The molecule has 1 saturated carbocycles. The highest BCUT2D eigenvalue weighted by Gasteiger charge is 2.36. The van der Waals surface area contributed by atoms with Crippen molar-refractivity contribution in [3.8, 4) is 0 Å². The summed E-state index contributed by atoms with van der Waals surface area (Å²) in [4.78, 5) is 12.0. The van der Waals surface area contributed by atoms with Crippen molar-refractivity contribution >= 4 is 21.8 Å². The number of hydrogen-bond acceptors (Lipinski definition) is 2. The fourth-order valence-electron chi connectivity index (χ4n) is 2.73. The smallest absolute Gasteiger partial charge is 0.224 e. The van der Waals surface area contributed by atoms with Crippen molar-refractivity contribution in [1.29, 1.82) is 0 Å². The van der Waals surface area contributed by atoms with Crippen LogP contribution in [0, 0.1) is 5.41 Å². The summed E-state index contributed by atoms with van der Waals surface area (Å²) in [6, 6.07) is 7.73. The predicted molar refractivity (Wildman–Crippen MR) is 88.1 cm³/mol. The number of carbonyl (C=O) groups is 1. The van der Waals surface area contributed by atoms with Crippen LogP contribution in [-0.2, 0) is 11.2 Å². The van der Waals surface area contributed by atoms with Crippen molar-refractivity contribution in [3.05, 3.63) is 34.3 Å². The van der Waals surface area contributed by atoms with Gasteiger partial charge in [-0.1, -0.05) is 41.9 Å². The van der Waals surface area contributed by atoms with Crippen molar-refractivity contribution in [3.63, 3.8) is 0 Å². The van der Waals surface area contributed by atoms with E-state index in [1.165, 1.54) is 0 Å². The molecule has 2 N–H and O–H groups in total. The molecule has 1 aliphatic rings. The molecule has 0 saturated heterocycles. The lowest BCUT2D eigenvalue weighted by atomic mass is 9.71. The van der Waals surface area contributed by atoms with Crippen LogP contribution in [0.3, 0.4) is 0 Å². The van der Waals surface area contributed by atoms with Crippen LogP contribution in [0.2, 0.25) is 0 Å². The Morgan fingerprint density at radius 1 is 1.29 bits per heavy atom. The lowest BCUT2D eigenvalue weighted by Crippen LogP contribution is -2.46. The van der Waals surface area contributed by atoms with Crippen LogP contribution in [0.25, 0.3) is 0 Å². The number of benzene rings is 1. The van der Waals surface area contributed by atoms with Gasteiger partial charge in [0.15, 0.2) is 0 Å². The number of halogens is 1. The average molecular weight is 354 g/mol. The predicted octanol–water partition coefficient (Wildman–Crippen LogP) is 3.44. The molecule has 0 atom stereocenters. The van der Waals surface area contributed by atoms with E-state index < -0.39 is 5.60 Å². The van der Waals surface area contributed by atoms with Gasteiger partial charge in [-0.05, 0) is 48.8 Å². The standard InChI is InChI=1S/C17H24BrNO2/c1-16(2)6-8-17(21,9-7-16)12-19-15(20)11-13-4-3-5-14(18)10-13/h3-5,10,21H,6-9,11-12H2,1-2H3,(H,19,20). The third-order valence-corrected chi connectivity index (χ3v) is 4.90. The summed E-state index contributed by atoms with van der Waals surface area (Å²) < 4.78 is 0.973. The Bertz CT molecular complexity index is 503. The topological polar surface area (TPSA) is 49.3 Å². The van der Waals surface area contributed by atoms with Gasteiger partial charge in [0.1, 0.15) is 0 Å². The second kappa shape index (κ2) is 6.49. The molecule has 0 radical (unpaired) electrons. The Morgan fingerprint density at radius 2 is 1.95 bits per heavy atom. The summed E-state index contributed by atoms with van der Waals surface area (Å²) in [5.41, 5.74) is 0.549. The summed E-state index contributed by atoms with van der Waals surface area (Å²) in [6.07, 6.45) is 3.88. The highest BCUT2D eigenvalue weighted by Crippen LogP contribution is 2.39. The molecule has 4 heteroatoms. The highest BCUT2D eigenvalue weighted by atomic mass is 79.9. The van der Waals surface area contributed by atoms with Gasteiger partial charge < -0.3 is 10.4 Å². The van der Waals surface area contributed by atoms with Crippen LogP contribution < -0.4 is 5.32 Å². The van der Waals surface area contributed by atoms with Crippen molar-refractivity contribution < 1.29 is 9.90 Å². The Morgan fingerprint density at radius 3 is 2.57 bits per heavy atom. The summed E-state index contributed by atoms with van der Waals surface area (Å²) >= 11 is 3.40. The van der Waals surface area contributed by atoms with Crippen molar-refractivity contribution in [2.75, 3.05) is 6.54 Å². The molecule has 2 rings (SSSR count). The third kappa shape index (κ3) is 5.11. The van der Waals surface area contributed by atoms with E-state index in [9.17, 15) is 9.90 Å². The first-order valence-corrected chi connectivity index (χ1v) is 8.31. The molecule has 0 unspecified atom stereocenters. The van der Waals surface area contributed by atoms with Gasteiger partial charge in [0.25, 0.3) is 0 Å². The van der Waals surface area contributed by atoms with Crippen LogP contribution in [0.1, 0.15) is 45.1 Å². The van der Waals surface area contributed by atoms with Gasteiger partial charge in [-0.25, -0.2) is 0 Å². The van der Waals surface area contributed by atoms with Crippen LogP contribution in [0.4, 0.5) is 0 Å². The van der Waals surface area contributed by atoms with Gasteiger partial charge in [-0.15, -0.1) is 0 Å². The van der Waals surface area contributed by atoms with Gasteiger partial charge in [0.2, 0.25) is 5.91 Å². The normalized spacial score (nSPS) is 20.0. The molecule has 0 bridgehead atoms. The summed E-state index contributed by atoms with van der Waals surface area (Å²) in [7, 11) is 0. The minimum absolute atomic E-state index is 0.0358. The zero-order chi connectivity index (χ0) is 15.5. The Labute approximate surface area is 135 Å². The largest absolute Gasteiger partial charge is 0.388 e. The Balaban J connectivity index is 1.81. The molecule has 1 aromatic rings. The molecule has 3 nitrogen and oxygen atoms in total. The first kappa shape index (κ1) is 16.5.